The lowest BCUT2D eigenvalue weighted by atomic mass is 10.1. The summed E-state index contributed by atoms with van der Waals surface area (Å²) in [4.78, 5) is 31.8. The molecule has 2 aromatic carbocycles. The molecule has 0 saturated heterocycles. The van der Waals surface area contributed by atoms with E-state index in [1.165, 1.54) is 0 Å². The van der Waals surface area contributed by atoms with Gasteiger partial charge >= 0.3 is 0 Å². The minimum absolute atomic E-state index is 0.0320. The van der Waals surface area contributed by atoms with Gasteiger partial charge in [-0.05, 0) is 36.2 Å². The number of benzene rings is 2. The van der Waals surface area contributed by atoms with Crippen LogP contribution in [0.25, 0.3) is 11.0 Å². The van der Waals surface area contributed by atoms with Gasteiger partial charge in [-0.15, -0.1) is 0 Å². The van der Waals surface area contributed by atoms with Gasteiger partial charge < -0.3 is 4.98 Å². The van der Waals surface area contributed by atoms with Gasteiger partial charge in [-0.3, -0.25) is 20.4 Å². The third-order valence-corrected chi connectivity index (χ3v) is 7.24. The van der Waals surface area contributed by atoms with Crippen molar-refractivity contribution >= 4 is 44.4 Å². The van der Waals surface area contributed by atoms with Crippen LogP contribution in [0.15, 0.2) is 53.7 Å². The Hall–Kier alpha value is -2.85. The second kappa shape index (κ2) is 11.1. The van der Waals surface area contributed by atoms with Crippen molar-refractivity contribution in [3.63, 3.8) is 0 Å². The second-order valence-corrected chi connectivity index (χ2v) is 10.5. The number of hydrazine groups is 1. The molecule has 32 heavy (non-hydrogen) atoms. The molecule has 1 heterocycles. The first-order valence-electron chi connectivity index (χ1n) is 10.3. The zero-order chi connectivity index (χ0) is 23.0. The number of carbonyl (C=O) groups excluding carboxylic acids is 2. The minimum Gasteiger partial charge on any atom is -0.333 e. The summed E-state index contributed by atoms with van der Waals surface area (Å²) in [7, 11) is -3.48. The summed E-state index contributed by atoms with van der Waals surface area (Å²) in [6.45, 7) is 1.97. The van der Waals surface area contributed by atoms with Crippen molar-refractivity contribution in [2.75, 3.05) is 11.5 Å². The maximum absolute atomic E-state index is 12.2. The van der Waals surface area contributed by atoms with Crippen LogP contribution in [-0.4, -0.2) is 41.7 Å². The summed E-state index contributed by atoms with van der Waals surface area (Å²) in [5.74, 6) is -1.27. The standard InChI is InChI=1S/C22H26N4O4S2/c1-2-3-6-13-32(29,30)15-20(27)25-26-21(28)17-11-9-16(10-12-17)14-31-22-23-18-7-4-5-8-19(18)24-22/h4-5,7-12H,2-3,6,13-15H2,1H3,(H,23,24)(H,25,27)(H,26,28). The Morgan fingerprint density at radius 1 is 1.03 bits per heavy atom. The molecule has 10 heteroatoms. The van der Waals surface area contributed by atoms with Crippen LogP contribution in [0.3, 0.4) is 0 Å². The van der Waals surface area contributed by atoms with Gasteiger partial charge in [-0.2, -0.15) is 0 Å². The zero-order valence-electron chi connectivity index (χ0n) is 17.8. The van der Waals surface area contributed by atoms with E-state index in [1.807, 2.05) is 43.3 Å². The average molecular weight is 475 g/mol. The van der Waals surface area contributed by atoms with E-state index in [9.17, 15) is 18.0 Å². The second-order valence-electron chi connectivity index (χ2n) is 7.35. The first kappa shape index (κ1) is 23.8. The number of carbonyl (C=O) groups is 2. The number of aromatic amines is 1. The van der Waals surface area contributed by atoms with Gasteiger partial charge in [0.25, 0.3) is 11.8 Å². The highest BCUT2D eigenvalue weighted by molar-refractivity contribution is 7.98. The largest absolute Gasteiger partial charge is 0.333 e. The summed E-state index contributed by atoms with van der Waals surface area (Å²) in [5.41, 5.74) is 7.69. The highest BCUT2D eigenvalue weighted by Gasteiger charge is 2.17. The van der Waals surface area contributed by atoms with Crippen LogP contribution in [-0.2, 0) is 20.4 Å². The summed E-state index contributed by atoms with van der Waals surface area (Å²) in [5, 5.41) is 0.820. The van der Waals surface area contributed by atoms with E-state index in [2.05, 4.69) is 20.8 Å². The molecule has 0 saturated carbocycles. The van der Waals surface area contributed by atoms with E-state index in [4.69, 9.17) is 0 Å². The van der Waals surface area contributed by atoms with Crippen molar-refractivity contribution in [1.29, 1.82) is 0 Å². The fourth-order valence-corrected chi connectivity index (χ4v) is 5.08. The van der Waals surface area contributed by atoms with Crippen molar-refractivity contribution in [3.05, 3.63) is 59.7 Å². The predicted octanol–water partition coefficient (Wildman–Crippen LogP) is 3.22. The highest BCUT2D eigenvalue weighted by Crippen LogP contribution is 2.23. The van der Waals surface area contributed by atoms with E-state index in [-0.39, 0.29) is 5.75 Å². The van der Waals surface area contributed by atoms with E-state index < -0.39 is 27.4 Å². The van der Waals surface area contributed by atoms with Crippen LogP contribution < -0.4 is 10.9 Å². The Balaban J connectivity index is 1.45. The lowest BCUT2D eigenvalue weighted by Gasteiger charge is -2.08. The molecular formula is C22H26N4O4S2. The maximum atomic E-state index is 12.2. The molecule has 3 N–H and O–H groups in total. The summed E-state index contributed by atoms with van der Waals surface area (Å²) in [6, 6.07) is 14.8. The predicted molar refractivity (Wildman–Crippen MR) is 126 cm³/mol. The first-order chi connectivity index (χ1) is 15.4. The molecule has 0 radical (unpaired) electrons. The van der Waals surface area contributed by atoms with Crippen LogP contribution in [0.4, 0.5) is 0 Å². The molecule has 1 aromatic heterocycles. The Morgan fingerprint density at radius 2 is 1.78 bits per heavy atom. The number of hydrogen-bond acceptors (Lipinski definition) is 6. The summed E-state index contributed by atoms with van der Waals surface area (Å²) in [6.07, 6.45) is 2.22. The van der Waals surface area contributed by atoms with Crippen molar-refractivity contribution in [2.24, 2.45) is 0 Å². The van der Waals surface area contributed by atoms with Crippen molar-refractivity contribution < 1.29 is 18.0 Å². The molecule has 0 atom stereocenters. The van der Waals surface area contributed by atoms with Gasteiger partial charge in [0.1, 0.15) is 5.75 Å². The molecule has 2 amide bonds. The highest BCUT2D eigenvalue weighted by atomic mass is 32.2. The van der Waals surface area contributed by atoms with Crippen molar-refractivity contribution in [3.8, 4) is 0 Å². The molecular weight excluding hydrogens is 448 g/mol. The number of H-pyrrole nitrogens is 1. The van der Waals surface area contributed by atoms with Gasteiger partial charge in [0.2, 0.25) is 0 Å². The van der Waals surface area contributed by atoms with Crippen molar-refractivity contribution in [2.45, 2.75) is 37.1 Å². The smallest absolute Gasteiger partial charge is 0.269 e. The zero-order valence-corrected chi connectivity index (χ0v) is 19.4. The van der Waals surface area contributed by atoms with E-state index in [0.29, 0.717) is 17.7 Å². The summed E-state index contributed by atoms with van der Waals surface area (Å²) >= 11 is 1.56. The van der Waals surface area contributed by atoms with Crippen LogP contribution in [0.2, 0.25) is 0 Å². The summed E-state index contributed by atoms with van der Waals surface area (Å²) < 4.78 is 23.8. The molecule has 3 rings (SSSR count). The Bertz CT molecular complexity index is 1140. The molecule has 0 aliphatic carbocycles. The van der Waals surface area contributed by atoms with Crippen LogP contribution in [0.1, 0.15) is 42.1 Å². The number of hydrogen-bond donors (Lipinski definition) is 3. The molecule has 0 unspecified atom stereocenters. The molecule has 0 bridgehead atoms. The number of rotatable bonds is 10. The Labute approximate surface area is 191 Å². The third-order valence-electron chi connectivity index (χ3n) is 4.68. The van der Waals surface area contributed by atoms with Gasteiger partial charge in [0.05, 0.1) is 16.8 Å². The molecule has 8 nitrogen and oxygen atoms in total. The van der Waals surface area contributed by atoms with E-state index in [1.54, 1.807) is 23.9 Å². The SMILES string of the molecule is CCCCCS(=O)(=O)CC(=O)NNC(=O)c1ccc(CSc2nc3ccccc3[nH]2)cc1. The number of amides is 2. The maximum Gasteiger partial charge on any atom is 0.269 e. The average Bonchev–Trinajstić information content (AvgIpc) is 3.19. The van der Waals surface area contributed by atoms with Crippen LogP contribution >= 0.6 is 11.8 Å². The first-order valence-corrected chi connectivity index (χ1v) is 13.1. The fourth-order valence-electron chi connectivity index (χ4n) is 2.98. The van der Waals surface area contributed by atoms with Gasteiger partial charge in [-0.1, -0.05) is 55.8 Å². The molecule has 0 aliphatic heterocycles. The minimum atomic E-state index is -3.48. The number of imidazole rings is 1. The van der Waals surface area contributed by atoms with Crippen LogP contribution in [0, 0.1) is 0 Å². The topological polar surface area (TPSA) is 121 Å². The number of thioether (sulfide) groups is 1. The van der Waals surface area contributed by atoms with Gasteiger partial charge in [0, 0.05) is 11.3 Å². The number of sulfone groups is 1. The molecule has 3 aromatic rings. The number of para-hydroxylation sites is 2. The fraction of sp³-hybridized carbons (Fsp3) is 0.318. The number of aromatic nitrogens is 2. The number of unbranched alkanes of at least 4 members (excludes halogenated alkanes) is 2. The van der Waals surface area contributed by atoms with E-state index in [0.717, 1.165) is 34.6 Å². The molecule has 0 fully saturated rings. The Kier molecular flexibility index (Phi) is 8.29. The molecule has 170 valence electrons. The quantitative estimate of drug-likeness (QED) is 0.236. The number of fused-ring (bicyclic) bond motifs is 1. The lowest BCUT2D eigenvalue weighted by molar-refractivity contribution is -0.119. The third kappa shape index (κ3) is 7.10. The number of nitrogens with zero attached hydrogens (tertiary/aromatic N) is 1. The molecule has 0 spiro atoms. The normalized spacial score (nSPS) is 11.4. The van der Waals surface area contributed by atoms with Gasteiger partial charge in [0.15, 0.2) is 15.0 Å². The van der Waals surface area contributed by atoms with Gasteiger partial charge in [-0.25, -0.2) is 13.4 Å². The lowest BCUT2D eigenvalue weighted by Crippen LogP contribution is -2.44. The number of nitrogens with one attached hydrogen (secondary N) is 3. The monoisotopic (exact) mass is 474 g/mol. The van der Waals surface area contributed by atoms with E-state index >= 15 is 0 Å². The Morgan fingerprint density at radius 3 is 2.50 bits per heavy atom. The van der Waals surface area contributed by atoms with Crippen LogP contribution in [0.5, 0.6) is 0 Å². The van der Waals surface area contributed by atoms with Crippen molar-refractivity contribution in [1.82, 2.24) is 20.8 Å². The molecule has 0 aliphatic rings.